The first-order valence-corrected chi connectivity index (χ1v) is 9.50. The van der Waals surface area contributed by atoms with Gasteiger partial charge in [-0.25, -0.2) is 4.39 Å². The van der Waals surface area contributed by atoms with Crippen molar-refractivity contribution in [2.45, 2.75) is 12.6 Å². The second kappa shape index (κ2) is 8.83. The number of carbonyl (C=O) groups is 1. The van der Waals surface area contributed by atoms with Crippen LogP contribution in [-0.4, -0.2) is 60.9 Å². The fourth-order valence-electron chi connectivity index (χ4n) is 3.46. The minimum Gasteiger partial charge on any atom is -0.347 e. The Hall–Kier alpha value is -1.95. The van der Waals surface area contributed by atoms with Gasteiger partial charge in [-0.1, -0.05) is 48.0 Å². The SMILES string of the molecule is CN(C)C(=O)C(c1ccccc1)N1CCN(Cc2ccc(F)cc2Cl)CC1. The lowest BCUT2D eigenvalue weighted by atomic mass is 10.0. The summed E-state index contributed by atoms with van der Waals surface area (Å²) < 4.78 is 13.2. The van der Waals surface area contributed by atoms with Crippen molar-refractivity contribution in [1.29, 1.82) is 0 Å². The molecule has 1 aliphatic rings. The Kier molecular flexibility index (Phi) is 6.47. The highest BCUT2D eigenvalue weighted by atomic mass is 35.5. The molecule has 1 amide bonds. The van der Waals surface area contributed by atoms with Gasteiger partial charge in [-0.15, -0.1) is 0 Å². The monoisotopic (exact) mass is 389 g/mol. The summed E-state index contributed by atoms with van der Waals surface area (Å²) in [5.74, 6) is -0.224. The normalized spacial score (nSPS) is 16.9. The number of rotatable bonds is 5. The van der Waals surface area contributed by atoms with Gasteiger partial charge in [0.2, 0.25) is 5.91 Å². The highest BCUT2D eigenvalue weighted by molar-refractivity contribution is 6.31. The highest BCUT2D eigenvalue weighted by Crippen LogP contribution is 2.25. The number of hydrogen-bond donors (Lipinski definition) is 0. The quantitative estimate of drug-likeness (QED) is 0.783. The summed E-state index contributed by atoms with van der Waals surface area (Å²) in [6.45, 7) is 3.93. The molecule has 0 spiro atoms. The van der Waals surface area contributed by atoms with Crippen molar-refractivity contribution in [2.24, 2.45) is 0 Å². The molecule has 1 saturated heterocycles. The van der Waals surface area contributed by atoms with Crippen LogP contribution in [0.5, 0.6) is 0 Å². The van der Waals surface area contributed by atoms with Crippen LogP contribution < -0.4 is 0 Å². The Morgan fingerprint density at radius 2 is 1.78 bits per heavy atom. The molecular weight excluding hydrogens is 365 g/mol. The third kappa shape index (κ3) is 4.86. The molecule has 0 aliphatic carbocycles. The van der Waals surface area contributed by atoms with E-state index < -0.39 is 0 Å². The van der Waals surface area contributed by atoms with E-state index in [9.17, 15) is 9.18 Å². The van der Waals surface area contributed by atoms with Crippen molar-refractivity contribution in [3.8, 4) is 0 Å². The zero-order valence-corrected chi connectivity index (χ0v) is 16.5. The third-order valence-electron chi connectivity index (χ3n) is 4.97. The maximum Gasteiger partial charge on any atom is 0.244 e. The molecule has 0 aromatic heterocycles. The first-order chi connectivity index (χ1) is 13.0. The zero-order chi connectivity index (χ0) is 19.4. The lowest BCUT2D eigenvalue weighted by Crippen LogP contribution is -2.50. The Bertz CT molecular complexity index is 776. The topological polar surface area (TPSA) is 26.8 Å². The van der Waals surface area contributed by atoms with Gasteiger partial charge in [0.1, 0.15) is 11.9 Å². The van der Waals surface area contributed by atoms with Gasteiger partial charge in [0.05, 0.1) is 0 Å². The van der Waals surface area contributed by atoms with E-state index in [0.29, 0.717) is 11.6 Å². The second-order valence-corrected chi connectivity index (χ2v) is 7.50. The lowest BCUT2D eigenvalue weighted by Gasteiger charge is -2.39. The predicted molar refractivity (Wildman–Crippen MR) is 106 cm³/mol. The maximum atomic E-state index is 13.2. The summed E-state index contributed by atoms with van der Waals surface area (Å²) in [6.07, 6.45) is 0. The summed E-state index contributed by atoms with van der Waals surface area (Å²) >= 11 is 6.16. The zero-order valence-electron chi connectivity index (χ0n) is 15.7. The van der Waals surface area contributed by atoms with E-state index in [4.69, 9.17) is 11.6 Å². The first kappa shape index (κ1) is 19.8. The maximum absolute atomic E-state index is 13.2. The average molecular weight is 390 g/mol. The largest absolute Gasteiger partial charge is 0.347 e. The molecule has 0 radical (unpaired) electrons. The summed E-state index contributed by atoms with van der Waals surface area (Å²) in [6, 6.07) is 14.2. The van der Waals surface area contributed by atoms with Crippen molar-refractivity contribution >= 4 is 17.5 Å². The molecule has 2 aromatic carbocycles. The fraction of sp³-hybridized carbons (Fsp3) is 0.381. The summed E-state index contributed by atoms with van der Waals surface area (Å²) in [5.41, 5.74) is 1.95. The molecule has 1 aliphatic heterocycles. The van der Waals surface area contributed by atoms with Gasteiger partial charge < -0.3 is 4.90 Å². The standard InChI is InChI=1S/C21H25ClFN3O/c1-24(2)21(27)20(16-6-4-3-5-7-16)26-12-10-25(11-13-26)15-17-8-9-18(23)14-19(17)22/h3-9,14,20H,10-13,15H2,1-2H3. The van der Waals surface area contributed by atoms with Gasteiger partial charge in [-0.2, -0.15) is 0 Å². The number of halogens is 2. The van der Waals surface area contributed by atoms with Gasteiger partial charge in [-0.05, 0) is 23.3 Å². The predicted octanol–water partition coefficient (Wildman–Crippen LogP) is 3.43. The number of hydrogen-bond acceptors (Lipinski definition) is 3. The van der Waals surface area contributed by atoms with E-state index in [2.05, 4.69) is 9.80 Å². The molecule has 3 rings (SSSR count). The van der Waals surface area contributed by atoms with E-state index in [-0.39, 0.29) is 17.8 Å². The van der Waals surface area contributed by atoms with E-state index >= 15 is 0 Å². The number of benzene rings is 2. The van der Waals surface area contributed by atoms with Gasteiger partial charge in [0, 0.05) is 51.8 Å². The molecule has 1 unspecified atom stereocenters. The molecular formula is C21H25ClFN3O. The fourth-order valence-corrected chi connectivity index (χ4v) is 3.69. The van der Waals surface area contributed by atoms with Crippen LogP contribution in [0, 0.1) is 5.82 Å². The van der Waals surface area contributed by atoms with Crippen molar-refractivity contribution in [2.75, 3.05) is 40.3 Å². The van der Waals surface area contributed by atoms with Crippen LogP contribution in [0.3, 0.4) is 0 Å². The first-order valence-electron chi connectivity index (χ1n) is 9.12. The summed E-state index contributed by atoms with van der Waals surface area (Å²) in [5, 5.41) is 0.461. The van der Waals surface area contributed by atoms with Crippen LogP contribution in [0.15, 0.2) is 48.5 Å². The van der Waals surface area contributed by atoms with Crippen molar-refractivity contribution in [3.05, 3.63) is 70.5 Å². The minimum absolute atomic E-state index is 0.0937. The molecule has 1 fully saturated rings. The van der Waals surface area contributed by atoms with Crippen LogP contribution >= 0.6 is 11.6 Å². The van der Waals surface area contributed by atoms with Gasteiger partial charge >= 0.3 is 0 Å². The van der Waals surface area contributed by atoms with Gasteiger partial charge in [0.15, 0.2) is 0 Å². The Balaban J connectivity index is 1.68. The molecule has 144 valence electrons. The molecule has 0 N–H and O–H groups in total. The molecule has 1 atom stereocenters. The number of likely N-dealkylation sites (N-methyl/N-ethyl adjacent to an activating group) is 1. The molecule has 2 aromatic rings. The lowest BCUT2D eigenvalue weighted by molar-refractivity contribution is -0.135. The molecule has 0 saturated carbocycles. The van der Waals surface area contributed by atoms with Crippen LogP contribution in [0.25, 0.3) is 0 Å². The average Bonchev–Trinajstić information content (AvgIpc) is 2.66. The van der Waals surface area contributed by atoms with Crippen LogP contribution in [-0.2, 0) is 11.3 Å². The van der Waals surface area contributed by atoms with E-state index in [0.717, 1.165) is 37.3 Å². The van der Waals surface area contributed by atoms with E-state index in [1.54, 1.807) is 25.1 Å². The number of carbonyl (C=O) groups excluding carboxylic acids is 1. The Labute approximate surface area is 165 Å². The van der Waals surface area contributed by atoms with Crippen LogP contribution in [0.4, 0.5) is 4.39 Å². The van der Waals surface area contributed by atoms with E-state index in [1.807, 2.05) is 30.3 Å². The van der Waals surface area contributed by atoms with Crippen molar-refractivity contribution in [3.63, 3.8) is 0 Å². The molecule has 4 nitrogen and oxygen atoms in total. The van der Waals surface area contributed by atoms with E-state index in [1.165, 1.54) is 12.1 Å². The number of piperazine rings is 1. The smallest absolute Gasteiger partial charge is 0.244 e. The molecule has 27 heavy (non-hydrogen) atoms. The molecule has 6 heteroatoms. The highest BCUT2D eigenvalue weighted by Gasteiger charge is 2.31. The van der Waals surface area contributed by atoms with Gasteiger partial charge in [0.25, 0.3) is 0 Å². The second-order valence-electron chi connectivity index (χ2n) is 7.09. The van der Waals surface area contributed by atoms with Crippen molar-refractivity contribution in [1.82, 2.24) is 14.7 Å². The molecule has 1 heterocycles. The summed E-state index contributed by atoms with van der Waals surface area (Å²) in [4.78, 5) is 19.0. The molecule has 0 bridgehead atoms. The summed E-state index contributed by atoms with van der Waals surface area (Å²) in [7, 11) is 3.59. The van der Waals surface area contributed by atoms with Crippen molar-refractivity contribution < 1.29 is 9.18 Å². The Morgan fingerprint density at radius 3 is 2.37 bits per heavy atom. The van der Waals surface area contributed by atoms with Gasteiger partial charge in [-0.3, -0.25) is 14.6 Å². The minimum atomic E-state index is -0.318. The Morgan fingerprint density at radius 1 is 1.11 bits per heavy atom. The van der Waals surface area contributed by atoms with Crippen LogP contribution in [0.1, 0.15) is 17.2 Å². The third-order valence-corrected chi connectivity index (χ3v) is 5.32. The number of amides is 1. The number of nitrogens with zero attached hydrogens (tertiary/aromatic N) is 3. The van der Waals surface area contributed by atoms with Crippen LogP contribution in [0.2, 0.25) is 5.02 Å².